The topological polar surface area (TPSA) is 104 Å². The Hall–Kier alpha value is -3.16. The Morgan fingerprint density at radius 3 is 2.83 bits per heavy atom. The first kappa shape index (κ1) is 17.2. The van der Waals surface area contributed by atoms with Gasteiger partial charge in [0.2, 0.25) is 5.88 Å². The molecule has 8 heteroatoms. The summed E-state index contributed by atoms with van der Waals surface area (Å²) in [5.74, 6) is 0.211. The molecule has 0 atom stereocenters. The fourth-order valence-corrected chi connectivity index (χ4v) is 2.08. The largest absolute Gasteiger partial charge is 0.496 e. The van der Waals surface area contributed by atoms with Crippen molar-refractivity contribution in [2.75, 3.05) is 13.7 Å². The number of nitrogens with zero attached hydrogens (tertiary/aromatic N) is 2. The lowest BCUT2D eigenvalue weighted by atomic mass is 10.1. The summed E-state index contributed by atoms with van der Waals surface area (Å²) in [5.41, 5.74) is 0.614. The van der Waals surface area contributed by atoms with Gasteiger partial charge in [-0.2, -0.15) is 0 Å². The summed E-state index contributed by atoms with van der Waals surface area (Å²) in [6.45, 7) is 2.47. The molecule has 8 nitrogen and oxygen atoms in total. The molecule has 0 aliphatic carbocycles. The molecular weight excluding hydrogens is 314 g/mol. The number of non-ortho nitro benzene ring substituents is 1. The standard InChI is InChI=1S/C16H17N3O5/c1-3-24-16-11(5-4-8-17-16)10-18-15(20)13-9-12(19(21)22)6-7-14(13)23-2/h4-9H,3,10H2,1-2H3,(H,18,20). The van der Waals surface area contributed by atoms with Crippen LogP contribution >= 0.6 is 0 Å². The Morgan fingerprint density at radius 2 is 2.17 bits per heavy atom. The predicted octanol–water partition coefficient (Wildman–Crippen LogP) is 2.33. The first-order chi connectivity index (χ1) is 11.6. The number of pyridine rings is 1. The number of nitrogens with one attached hydrogen (secondary N) is 1. The maximum atomic E-state index is 12.4. The minimum absolute atomic E-state index is 0.0913. The van der Waals surface area contributed by atoms with Crippen LogP contribution in [0, 0.1) is 10.1 Å². The van der Waals surface area contributed by atoms with Crippen LogP contribution in [-0.4, -0.2) is 29.5 Å². The molecule has 1 heterocycles. The summed E-state index contributed by atoms with van der Waals surface area (Å²) in [6.07, 6.45) is 1.60. The lowest BCUT2D eigenvalue weighted by molar-refractivity contribution is -0.384. The molecule has 126 valence electrons. The molecule has 0 unspecified atom stereocenters. The molecular formula is C16H17N3O5. The molecule has 24 heavy (non-hydrogen) atoms. The Kier molecular flexibility index (Phi) is 5.67. The highest BCUT2D eigenvalue weighted by Gasteiger charge is 2.17. The zero-order chi connectivity index (χ0) is 17.5. The van der Waals surface area contributed by atoms with Crippen molar-refractivity contribution < 1.29 is 19.2 Å². The first-order valence-electron chi connectivity index (χ1n) is 7.24. The number of ether oxygens (including phenoxy) is 2. The van der Waals surface area contributed by atoms with Gasteiger partial charge in [0.05, 0.1) is 24.2 Å². The van der Waals surface area contributed by atoms with E-state index in [1.165, 1.54) is 25.3 Å². The van der Waals surface area contributed by atoms with E-state index >= 15 is 0 Å². The van der Waals surface area contributed by atoms with Crippen molar-refractivity contribution in [2.24, 2.45) is 0 Å². The van der Waals surface area contributed by atoms with Gasteiger partial charge in [-0.25, -0.2) is 4.98 Å². The molecule has 1 aromatic heterocycles. The monoisotopic (exact) mass is 331 g/mol. The summed E-state index contributed by atoms with van der Waals surface area (Å²) >= 11 is 0. The maximum Gasteiger partial charge on any atom is 0.270 e. The summed E-state index contributed by atoms with van der Waals surface area (Å²) in [5, 5.41) is 13.6. The van der Waals surface area contributed by atoms with E-state index in [4.69, 9.17) is 9.47 Å². The van der Waals surface area contributed by atoms with Crippen LogP contribution in [0.3, 0.4) is 0 Å². The average molecular weight is 331 g/mol. The quantitative estimate of drug-likeness (QED) is 0.617. The number of carbonyl (C=O) groups is 1. The number of methoxy groups -OCH3 is 1. The van der Waals surface area contributed by atoms with E-state index in [9.17, 15) is 14.9 Å². The zero-order valence-electron chi connectivity index (χ0n) is 13.3. The SMILES string of the molecule is CCOc1ncccc1CNC(=O)c1cc([N+](=O)[O-])ccc1OC. The molecule has 0 fully saturated rings. The summed E-state index contributed by atoms with van der Waals surface area (Å²) in [6, 6.07) is 7.37. The second-order valence-electron chi connectivity index (χ2n) is 4.73. The van der Waals surface area contributed by atoms with Gasteiger partial charge in [0.1, 0.15) is 5.75 Å². The van der Waals surface area contributed by atoms with Crippen LogP contribution in [0.4, 0.5) is 5.69 Å². The Morgan fingerprint density at radius 1 is 1.38 bits per heavy atom. The van der Waals surface area contributed by atoms with Gasteiger partial charge in [-0.05, 0) is 19.1 Å². The molecule has 1 N–H and O–H groups in total. The molecule has 0 bridgehead atoms. The lowest BCUT2D eigenvalue weighted by Crippen LogP contribution is -2.24. The highest BCUT2D eigenvalue weighted by atomic mass is 16.6. The third-order valence-corrected chi connectivity index (χ3v) is 3.21. The Labute approximate surface area is 138 Å². The van der Waals surface area contributed by atoms with Gasteiger partial charge in [-0.15, -0.1) is 0 Å². The first-order valence-corrected chi connectivity index (χ1v) is 7.24. The zero-order valence-corrected chi connectivity index (χ0v) is 13.3. The highest BCUT2D eigenvalue weighted by molar-refractivity contribution is 5.97. The smallest absolute Gasteiger partial charge is 0.270 e. The van der Waals surface area contributed by atoms with Crippen LogP contribution in [0.2, 0.25) is 0 Å². The van der Waals surface area contributed by atoms with Crippen LogP contribution in [0.5, 0.6) is 11.6 Å². The number of carbonyl (C=O) groups excluding carboxylic acids is 1. The number of hydrogen-bond donors (Lipinski definition) is 1. The third-order valence-electron chi connectivity index (χ3n) is 3.21. The number of nitro benzene ring substituents is 1. The average Bonchev–Trinajstić information content (AvgIpc) is 2.60. The summed E-state index contributed by atoms with van der Waals surface area (Å²) in [7, 11) is 1.40. The van der Waals surface area contributed by atoms with Crippen molar-refractivity contribution in [1.82, 2.24) is 10.3 Å². The molecule has 2 rings (SSSR count). The van der Waals surface area contributed by atoms with E-state index in [0.29, 0.717) is 18.1 Å². The van der Waals surface area contributed by atoms with Gasteiger partial charge in [0.25, 0.3) is 11.6 Å². The van der Waals surface area contributed by atoms with E-state index in [-0.39, 0.29) is 23.5 Å². The van der Waals surface area contributed by atoms with E-state index < -0.39 is 10.8 Å². The number of nitro groups is 1. The fourth-order valence-electron chi connectivity index (χ4n) is 2.08. The van der Waals surface area contributed by atoms with E-state index in [1.807, 2.05) is 6.92 Å². The van der Waals surface area contributed by atoms with Gasteiger partial charge in [0.15, 0.2) is 0 Å². The summed E-state index contributed by atoms with van der Waals surface area (Å²) in [4.78, 5) is 26.8. The molecule has 0 radical (unpaired) electrons. The van der Waals surface area contributed by atoms with E-state index in [2.05, 4.69) is 10.3 Å². The molecule has 0 spiro atoms. The maximum absolute atomic E-state index is 12.4. The van der Waals surface area contributed by atoms with Crippen LogP contribution in [0.25, 0.3) is 0 Å². The molecule has 1 aromatic carbocycles. The number of benzene rings is 1. The van der Waals surface area contributed by atoms with Crippen LogP contribution in [-0.2, 0) is 6.54 Å². The van der Waals surface area contributed by atoms with Gasteiger partial charge in [-0.1, -0.05) is 6.07 Å². The number of aromatic nitrogens is 1. The molecule has 0 saturated carbocycles. The lowest BCUT2D eigenvalue weighted by Gasteiger charge is -2.11. The fraction of sp³-hybridized carbons (Fsp3) is 0.250. The molecule has 1 amide bonds. The van der Waals surface area contributed by atoms with E-state index in [1.54, 1.807) is 18.3 Å². The van der Waals surface area contributed by atoms with Gasteiger partial charge < -0.3 is 14.8 Å². The molecule has 0 aliphatic rings. The van der Waals surface area contributed by atoms with Gasteiger partial charge in [0, 0.05) is 30.4 Å². The number of rotatable bonds is 7. The summed E-state index contributed by atoms with van der Waals surface area (Å²) < 4.78 is 10.5. The number of hydrogen-bond acceptors (Lipinski definition) is 6. The van der Waals surface area contributed by atoms with Gasteiger partial charge >= 0.3 is 0 Å². The van der Waals surface area contributed by atoms with Crippen LogP contribution in [0.1, 0.15) is 22.8 Å². The predicted molar refractivity (Wildman–Crippen MR) is 86.2 cm³/mol. The van der Waals surface area contributed by atoms with Crippen molar-refractivity contribution in [3.05, 3.63) is 57.8 Å². The van der Waals surface area contributed by atoms with Gasteiger partial charge in [-0.3, -0.25) is 14.9 Å². The minimum Gasteiger partial charge on any atom is -0.496 e. The van der Waals surface area contributed by atoms with Crippen molar-refractivity contribution in [2.45, 2.75) is 13.5 Å². The second-order valence-corrected chi connectivity index (χ2v) is 4.73. The van der Waals surface area contributed by atoms with Crippen molar-refractivity contribution >= 4 is 11.6 Å². The third kappa shape index (κ3) is 3.97. The molecule has 2 aromatic rings. The van der Waals surface area contributed by atoms with Crippen LogP contribution < -0.4 is 14.8 Å². The Balaban J connectivity index is 2.18. The second kappa shape index (κ2) is 7.91. The minimum atomic E-state index is -0.565. The van der Waals surface area contributed by atoms with Crippen molar-refractivity contribution in [1.29, 1.82) is 0 Å². The van der Waals surface area contributed by atoms with Crippen molar-refractivity contribution in [3.8, 4) is 11.6 Å². The van der Waals surface area contributed by atoms with Crippen LogP contribution in [0.15, 0.2) is 36.5 Å². The number of amides is 1. The highest BCUT2D eigenvalue weighted by Crippen LogP contribution is 2.24. The van der Waals surface area contributed by atoms with E-state index in [0.717, 1.165) is 0 Å². The molecule has 0 aliphatic heterocycles. The molecule has 0 saturated heterocycles. The van der Waals surface area contributed by atoms with Crippen molar-refractivity contribution in [3.63, 3.8) is 0 Å². The normalized spacial score (nSPS) is 10.1. The Bertz CT molecular complexity index is 748.